The van der Waals surface area contributed by atoms with Crippen LogP contribution in [0.3, 0.4) is 0 Å². The summed E-state index contributed by atoms with van der Waals surface area (Å²) in [5.74, 6) is 0.295. The van der Waals surface area contributed by atoms with Crippen LogP contribution in [0.2, 0.25) is 0 Å². The molecular formula is C16H15. The first-order valence-corrected chi connectivity index (χ1v) is 5.54. The zero-order chi connectivity index (χ0) is 11.2. The molecule has 2 rings (SSSR count). The second-order valence-electron chi connectivity index (χ2n) is 3.90. The molecule has 0 fully saturated rings. The molecule has 1 unspecified atom stereocenters. The van der Waals surface area contributed by atoms with Crippen molar-refractivity contribution in [2.45, 2.75) is 12.3 Å². The molecule has 1 radical (unpaired) electrons. The highest BCUT2D eigenvalue weighted by Crippen LogP contribution is 2.21. The van der Waals surface area contributed by atoms with Gasteiger partial charge in [0.05, 0.1) is 0 Å². The fourth-order valence-corrected chi connectivity index (χ4v) is 1.87. The van der Waals surface area contributed by atoms with Crippen LogP contribution in [0, 0.1) is 6.58 Å². The molecule has 0 aliphatic heterocycles. The maximum Gasteiger partial charge on any atom is 0.00614 e. The minimum atomic E-state index is 0.295. The van der Waals surface area contributed by atoms with Gasteiger partial charge in [-0.15, -0.1) is 0 Å². The topological polar surface area (TPSA) is 0 Å². The van der Waals surface area contributed by atoms with Gasteiger partial charge in [-0.2, -0.15) is 0 Å². The van der Waals surface area contributed by atoms with Crippen molar-refractivity contribution in [3.63, 3.8) is 0 Å². The highest BCUT2D eigenvalue weighted by molar-refractivity contribution is 5.27. The van der Waals surface area contributed by atoms with Crippen LogP contribution in [0.5, 0.6) is 0 Å². The Morgan fingerprint density at radius 3 is 2.00 bits per heavy atom. The Labute approximate surface area is 97.3 Å². The molecule has 0 nitrogen and oxygen atoms in total. The van der Waals surface area contributed by atoms with Crippen molar-refractivity contribution in [3.8, 4) is 0 Å². The van der Waals surface area contributed by atoms with Gasteiger partial charge >= 0.3 is 0 Å². The van der Waals surface area contributed by atoms with Crippen LogP contribution in [0.25, 0.3) is 0 Å². The second-order valence-corrected chi connectivity index (χ2v) is 3.90. The van der Waals surface area contributed by atoms with Crippen molar-refractivity contribution in [2.75, 3.05) is 0 Å². The van der Waals surface area contributed by atoms with Crippen molar-refractivity contribution < 1.29 is 0 Å². The van der Waals surface area contributed by atoms with Crippen molar-refractivity contribution in [2.24, 2.45) is 0 Å². The minimum absolute atomic E-state index is 0.295. The molecule has 0 N–H and O–H groups in total. The van der Waals surface area contributed by atoms with Gasteiger partial charge in [-0.3, -0.25) is 0 Å². The first-order chi connectivity index (χ1) is 7.90. The van der Waals surface area contributed by atoms with E-state index in [1.54, 1.807) is 6.08 Å². The molecule has 0 saturated carbocycles. The van der Waals surface area contributed by atoms with Crippen LogP contribution < -0.4 is 0 Å². The van der Waals surface area contributed by atoms with Gasteiger partial charge in [0.25, 0.3) is 0 Å². The Balaban J connectivity index is 2.16. The van der Waals surface area contributed by atoms with Crippen molar-refractivity contribution in [3.05, 3.63) is 84.4 Å². The summed E-state index contributed by atoms with van der Waals surface area (Å²) >= 11 is 0. The molecule has 0 spiro atoms. The number of allylic oxidation sites excluding steroid dienone is 1. The van der Waals surface area contributed by atoms with Crippen molar-refractivity contribution in [1.29, 1.82) is 0 Å². The van der Waals surface area contributed by atoms with E-state index >= 15 is 0 Å². The van der Waals surface area contributed by atoms with Gasteiger partial charge in [0.15, 0.2) is 0 Å². The SMILES string of the molecule is [CH]=CC(Cc1ccccc1)c1ccccc1. The molecule has 0 aliphatic carbocycles. The predicted molar refractivity (Wildman–Crippen MR) is 68.2 cm³/mol. The van der Waals surface area contributed by atoms with Gasteiger partial charge in [0, 0.05) is 5.92 Å². The molecule has 0 bridgehead atoms. The lowest BCUT2D eigenvalue weighted by Gasteiger charge is -2.12. The van der Waals surface area contributed by atoms with E-state index in [1.807, 2.05) is 12.1 Å². The van der Waals surface area contributed by atoms with Crippen LogP contribution in [0.1, 0.15) is 17.0 Å². The molecule has 0 amide bonds. The molecule has 0 aliphatic rings. The molecule has 0 heteroatoms. The van der Waals surface area contributed by atoms with E-state index in [0.29, 0.717) is 5.92 Å². The fourth-order valence-electron chi connectivity index (χ4n) is 1.87. The first-order valence-electron chi connectivity index (χ1n) is 5.54. The molecular weight excluding hydrogens is 192 g/mol. The minimum Gasteiger partial charge on any atom is -0.0767 e. The molecule has 0 aromatic heterocycles. The van der Waals surface area contributed by atoms with Crippen LogP contribution >= 0.6 is 0 Å². The van der Waals surface area contributed by atoms with E-state index < -0.39 is 0 Å². The molecule has 2 aromatic carbocycles. The zero-order valence-corrected chi connectivity index (χ0v) is 9.21. The van der Waals surface area contributed by atoms with Crippen LogP contribution in [-0.4, -0.2) is 0 Å². The monoisotopic (exact) mass is 207 g/mol. The maximum atomic E-state index is 5.73. The van der Waals surface area contributed by atoms with Crippen molar-refractivity contribution in [1.82, 2.24) is 0 Å². The van der Waals surface area contributed by atoms with Gasteiger partial charge in [-0.25, -0.2) is 0 Å². The molecule has 2 aromatic rings. The third-order valence-electron chi connectivity index (χ3n) is 2.76. The average molecular weight is 207 g/mol. The molecule has 0 heterocycles. The van der Waals surface area contributed by atoms with E-state index in [9.17, 15) is 0 Å². The Kier molecular flexibility index (Phi) is 3.55. The third-order valence-corrected chi connectivity index (χ3v) is 2.76. The predicted octanol–water partition coefficient (Wildman–Crippen LogP) is 4.00. The van der Waals surface area contributed by atoms with Gasteiger partial charge in [0.1, 0.15) is 0 Å². The smallest absolute Gasteiger partial charge is 0.00614 e. The summed E-state index contributed by atoms with van der Waals surface area (Å²) in [6.45, 7) is 5.73. The van der Waals surface area contributed by atoms with Gasteiger partial charge < -0.3 is 0 Å². The molecule has 1 atom stereocenters. The summed E-state index contributed by atoms with van der Waals surface area (Å²) < 4.78 is 0. The summed E-state index contributed by atoms with van der Waals surface area (Å²) in [6.07, 6.45) is 2.74. The van der Waals surface area contributed by atoms with Crippen molar-refractivity contribution >= 4 is 0 Å². The number of rotatable bonds is 4. The summed E-state index contributed by atoms with van der Waals surface area (Å²) in [5, 5.41) is 0. The first kappa shape index (κ1) is 10.7. The van der Waals surface area contributed by atoms with E-state index in [0.717, 1.165) is 6.42 Å². The summed E-state index contributed by atoms with van der Waals surface area (Å²) in [6, 6.07) is 20.8. The summed E-state index contributed by atoms with van der Waals surface area (Å²) in [4.78, 5) is 0. The number of hydrogen-bond acceptors (Lipinski definition) is 0. The lowest BCUT2D eigenvalue weighted by molar-refractivity contribution is 0.837. The second kappa shape index (κ2) is 5.32. The number of benzene rings is 2. The van der Waals surface area contributed by atoms with Crippen LogP contribution in [0.15, 0.2) is 66.7 Å². The molecule has 79 valence electrons. The summed E-state index contributed by atoms with van der Waals surface area (Å²) in [7, 11) is 0. The average Bonchev–Trinajstić information content (AvgIpc) is 2.38. The third kappa shape index (κ3) is 2.60. The Morgan fingerprint density at radius 1 is 0.875 bits per heavy atom. The lowest BCUT2D eigenvalue weighted by atomic mass is 9.92. The number of hydrogen-bond donors (Lipinski definition) is 0. The Bertz CT molecular complexity index is 428. The largest absolute Gasteiger partial charge is 0.0767 e. The highest BCUT2D eigenvalue weighted by Gasteiger charge is 2.07. The van der Waals surface area contributed by atoms with Gasteiger partial charge in [0.2, 0.25) is 0 Å². The van der Waals surface area contributed by atoms with Gasteiger partial charge in [-0.1, -0.05) is 73.3 Å². The van der Waals surface area contributed by atoms with E-state index in [4.69, 9.17) is 6.58 Å². The quantitative estimate of drug-likeness (QED) is 0.710. The zero-order valence-electron chi connectivity index (χ0n) is 9.21. The van der Waals surface area contributed by atoms with E-state index in [-0.39, 0.29) is 0 Å². The Hall–Kier alpha value is -1.82. The standard InChI is InChI=1S/C16H15/c1-2-15(16-11-7-4-8-12-16)13-14-9-5-3-6-10-14/h1-12,15H,13H2. The lowest BCUT2D eigenvalue weighted by Crippen LogP contribution is -1.99. The van der Waals surface area contributed by atoms with E-state index in [1.165, 1.54) is 11.1 Å². The normalized spacial score (nSPS) is 12.0. The summed E-state index contributed by atoms with van der Waals surface area (Å²) in [5.41, 5.74) is 2.59. The van der Waals surface area contributed by atoms with Crippen LogP contribution in [0.4, 0.5) is 0 Å². The highest BCUT2D eigenvalue weighted by atomic mass is 14.1. The van der Waals surface area contributed by atoms with Gasteiger partial charge in [-0.05, 0) is 17.5 Å². The molecule has 0 saturated heterocycles. The fraction of sp³-hybridized carbons (Fsp3) is 0.125. The maximum absolute atomic E-state index is 5.73. The molecule has 16 heavy (non-hydrogen) atoms. The Morgan fingerprint density at radius 2 is 1.44 bits per heavy atom. The van der Waals surface area contributed by atoms with Crippen LogP contribution in [-0.2, 0) is 6.42 Å². The van der Waals surface area contributed by atoms with E-state index in [2.05, 4.69) is 48.5 Å².